The number of hydrogen-bond donors (Lipinski definition) is 1. The Labute approximate surface area is 140 Å². The Morgan fingerprint density at radius 2 is 1.75 bits per heavy atom. The smallest absolute Gasteiger partial charge is 0.414 e. The molecule has 0 spiro atoms. The topological polar surface area (TPSA) is 41.9 Å². The van der Waals surface area contributed by atoms with Crippen molar-refractivity contribution in [2.75, 3.05) is 33.4 Å². The number of aliphatic hydroxyl groups excluding tert-OH is 1. The molecule has 1 aromatic rings. The predicted octanol–water partition coefficient (Wildman–Crippen LogP) is 3.10. The highest BCUT2D eigenvalue weighted by Gasteiger charge is 2.44. The number of ether oxygens (including phenoxy) is 2. The summed E-state index contributed by atoms with van der Waals surface area (Å²) in [6.07, 6.45) is -5.16. The Hall–Kier alpha value is -1.47. The van der Waals surface area contributed by atoms with E-state index in [1.165, 1.54) is 0 Å². The molecule has 4 nitrogen and oxygen atoms in total. The van der Waals surface area contributed by atoms with Gasteiger partial charge in [-0.2, -0.15) is 13.2 Å². The fourth-order valence-electron chi connectivity index (χ4n) is 2.91. The van der Waals surface area contributed by atoms with E-state index >= 15 is 0 Å². The van der Waals surface area contributed by atoms with Crippen LogP contribution in [0.3, 0.4) is 0 Å². The van der Waals surface area contributed by atoms with Gasteiger partial charge in [-0.15, -0.1) is 0 Å². The number of nitrogens with zero attached hydrogens (tertiary/aromatic N) is 1. The number of alkyl halides is 3. The maximum atomic E-state index is 12.5. The second-order valence-electron chi connectivity index (χ2n) is 6.04. The highest BCUT2D eigenvalue weighted by Crippen LogP contribution is 2.31. The second-order valence-corrected chi connectivity index (χ2v) is 6.04. The molecule has 1 atom stereocenters. The standard InChI is InChI=1S/C17H24F3NO3/c1-23-14-3-5-15(6-4-14)24-12-2-9-21-10-7-13(8-11-21)16(22)17(18,19)20/h3-6,13,16,22H,2,7-12H2,1H3. The number of hydrogen-bond acceptors (Lipinski definition) is 4. The minimum absolute atomic E-state index is 0.375. The number of likely N-dealkylation sites (tertiary alicyclic amines) is 1. The first kappa shape index (κ1) is 18.9. The molecule has 1 aliphatic rings. The summed E-state index contributed by atoms with van der Waals surface area (Å²) in [5.74, 6) is 0.853. The molecular formula is C17H24F3NO3. The SMILES string of the molecule is COc1ccc(OCCCN2CCC(C(O)C(F)(F)F)CC2)cc1. The number of methoxy groups -OCH3 is 1. The van der Waals surface area contributed by atoms with Crippen molar-refractivity contribution in [3.05, 3.63) is 24.3 Å². The van der Waals surface area contributed by atoms with Crippen molar-refractivity contribution in [3.63, 3.8) is 0 Å². The van der Waals surface area contributed by atoms with Gasteiger partial charge >= 0.3 is 6.18 Å². The van der Waals surface area contributed by atoms with E-state index in [1.54, 1.807) is 7.11 Å². The van der Waals surface area contributed by atoms with E-state index in [-0.39, 0.29) is 0 Å². The first-order chi connectivity index (χ1) is 11.4. The van der Waals surface area contributed by atoms with E-state index in [0.29, 0.717) is 32.5 Å². The monoisotopic (exact) mass is 347 g/mol. The van der Waals surface area contributed by atoms with Crippen LogP contribution in [0.1, 0.15) is 19.3 Å². The number of halogens is 3. The average Bonchev–Trinajstić information content (AvgIpc) is 2.58. The lowest BCUT2D eigenvalue weighted by Gasteiger charge is -2.34. The van der Waals surface area contributed by atoms with Crippen molar-refractivity contribution in [3.8, 4) is 11.5 Å². The maximum absolute atomic E-state index is 12.5. The quantitative estimate of drug-likeness (QED) is 0.770. The lowest BCUT2D eigenvalue weighted by Crippen LogP contribution is -2.43. The summed E-state index contributed by atoms with van der Waals surface area (Å²) < 4.78 is 48.2. The molecule has 1 aliphatic heterocycles. The Morgan fingerprint density at radius 1 is 1.17 bits per heavy atom. The molecule has 0 radical (unpaired) electrons. The molecule has 1 heterocycles. The zero-order valence-electron chi connectivity index (χ0n) is 13.8. The summed E-state index contributed by atoms with van der Waals surface area (Å²) in [5, 5.41) is 9.30. The summed E-state index contributed by atoms with van der Waals surface area (Å²) >= 11 is 0. The Kier molecular flexibility index (Phi) is 6.74. The van der Waals surface area contributed by atoms with Gasteiger partial charge in [0, 0.05) is 6.54 Å². The van der Waals surface area contributed by atoms with Crippen LogP contribution in [0.4, 0.5) is 13.2 Å². The molecule has 0 aliphatic carbocycles. The Bertz CT molecular complexity index is 485. The van der Waals surface area contributed by atoms with Gasteiger partial charge in [0.2, 0.25) is 0 Å². The maximum Gasteiger partial charge on any atom is 0.414 e. The molecule has 1 saturated heterocycles. The van der Waals surface area contributed by atoms with Crippen LogP contribution in [-0.2, 0) is 0 Å². The van der Waals surface area contributed by atoms with Gasteiger partial charge in [0.05, 0.1) is 13.7 Å². The van der Waals surface area contributed by atoms with Crippen LogP contribution in [0, 0.1) is 5.92 Å². The fourth-order valence-corrected chi connectivity index (χ4v) is 2.91. The van der Waals surface area contributed by atoms with E-state index < -0.39 is 18.2 Å². The molecule has 2 rings (SSSR count). The van der Waals surface area contributed by atoms with Crippen molar-refractivity contribution in [2.45, 2.75) is 31.5 Å². The van der Waals surface area contributed by atoms with E-state index in [1.807, 2.05) is 24.3 Å². The Balaban J connectivity index is 1.62. The molecule has 24 heavy (non-hydrogen) atoms. The molecule has 0 bridgehead atoms. The van der Waals surface area contributed by atoms with E-state index in [4.69, 9.17) is 9.47 Å². The van der Waals surface area contributed by atoms with Crippen LogP contribution in [0.2, 0.25) is 0 Å². The van der Waals surface area contributed by atoms with Crippen molar-refractivity contribution in [1.29, 1.82) is 0 Å². The predicted molar refractivity (Wildman–Crippen MR) is 84.3 cm³/mol. The lowest BCUT2D eigenvalue weighted by atomic mass is 9.91. The third-order valence-corrected chi connectivity index (χ3v) is 4.36. The number of rotatable bonds is 7. The minimum Gasteiger partial charge on any atom is -0.497 e. The molecule has 1 unspecified atom stereocenters. The summed E-state index contributed by atoms with van der Waals surface area (Å²) in [4.78, 5) is 2.12. The first-order valence-electron chi connectivity index (χ1n) is 8.14. The summed E-state index contributed by atoms with van der Waals surface area (Å²) in [5.41, 5.74) is 0. The van der Waals surface area contributed by atoms with E-state index in [0.717, 1.165) is 24.5 Å². The highest BCUT2D eigenvalue weighted by molar-refractivity contribution is 5.31. The van der Waals surface area contributed by atoms with Crippen LogP contribution >= 0.6 is 0 Å². The largest absolute Gasteiger partial charge is 0.497 e. The molecule has 1 fully saturated rings. The Morgan fingerprint density at radius 3 is 2.29 bits per heavy atom. The molecule has 1 aromatic carbocycles. The normalized spacial score (nSPS) is 18.4. The molecular weight excluding hydrogens is 323 g/mol. The number of aliphatic hydroxyl groups is 1. The van der Waals surface area contributed by atoms with Crippen molar-refractivity contribution in [1.82, 2.24) is 4.90 Å². The van der Waals surface area contributed by atoms with Crippen LogP contribution < -0.4 is 9.47 Å². The molecule has 136 valence electrons. The van der Waals surface area contributed by atoms with E-state index in [2.05, 4.69) is 4.90 Å². The minimum atomic E-state index is -4.51. The number of piperidine rings is 1. The van der Waals surface area contributed by atoms with Gasteiger partial charge in [-0.1, -0.05) is 0 Å². The van der Waals surface area contributed by atoms with Crippen LogP contribution in [-0.4, -0.2) is 55.6 Å². The second kappa shape index (κ2) is 8.58. The number of benzene rings is 1. The molecule has 0 aromatic heterocycles. The zero-order chi connectivity index (χ0) is 17.6. The first-order valence-corrected chi connectivity index (χ1v) is 8.14. The van der Waals surface area contributed by atoms with Crippen molar-refractivity contribution >= 4 is 0 Å². The van der Waals surface area contributed by atoms with Gasteiger partial charge in [-0.25, -0.2) is 0 Å². The summed E-state index contributed by atoms with van der Waals surface area (Å²) in [6, 6.07) is 7.32. The van der Waals surface area contributed by atoms with Crippen LogP contribution in [0.15, 0.2) is 24.3 Å². The lowest BCUT2D eigenvalue weighted by molar-refractivity contribution is -0.223. The van der Waals surface area contributed by atoms with Gasteiger partial charge in [0.25, 0.3) is 0 Å². The molecule has 7 heteroatoms. The summed E-state index contributed by atoms with van der Waals surface area (Å²) in [6.45, 7) is 2.50. The van der Waals surface area contributed by atoms with Gasteiger partial charge in [-0.05, 0) is 62.5 Å². The highest BCUT2D eigenvalue weighted by atomic mass is 19.4. The molecule has 0 amide bonds. The van der Waals surface area contributed by atoms with Crippen molar-refractivity contribution < 1.29 is 27.8 Å². The zero-order valence-corrected chi connectivity index (χ0v) is 13.8. The van der Waals surface area contributed by atoms with Gasteiger partial charge in [0.15, 0.2) is 6.10 Å². The van der Waals surface area contributed by atoms with Crippen LogP contribution in [0.25, 0.3) is 0 Å². The fraction of sp³-hybridized carbons (Fsp3) is 0.647. The van der Waals surface area contributed by atoms with Crippen LogP contribution in [0.5, 0.6) is 11.5 Å². The third-order valence-electron chi connectivity index (χ3n) is 4.36. The van der Waals surface area contributed by atoms with Gasteiger partial charge in [-0.3, -0.25) is 0 Å². The summed E-state index contributed by atoms with van der Waals surface area (Å²) in [7, 11) is 1.60. The average molecular weight is 347 g/mol. The molecule has 0 saturated carbocycles. The van der Waals surface area contributed by atoms with Gasteiger partial charge in [0.1, 0.15) is 11.5 Å². The van der Waals surface area contributed by atoms with Gasteiger partial charge < -0.3 is 19.5 Å². The molecule has 1 N–H and O–H groups in total. The third kappa shape index (κ3) is 5.56. The van der Waals surface area contributed by atoms with Crippen molar-refractivity contribution in [2.24, 2.45) is 5.92 Å². The van der Waals surface area contributed by atoms with E-state index in [9.17, 15) is 18.3 Å².